The van der Waals surface area contributed by atoms with Crippen LogP contribution < -0.4 is 10.2 Å². The molecule has 31 heavy (non-hydrogen) atoms. The molecule has 4 nitrogen and oxygen atoms in total. The Hall–Kier alpha value is -2.96. The van der Waals surface area contributed by atoms with Crippen LogP contribution in [-0.2, 0) is 0 Å². The van der Waals surface area contributed by atoms with E-state index in [0.29, 0.717) is 17.1 Å². The number of aliphatic hydroxyl groups is 1. The van der Waals surface area contributed by atoms with Crippen molar-refractivity contribution >= 4 is 23.0 Å². The van der Waals surface area contributed by atoms with Crippen LogP contribution in [0.15, 0.2) is 78.9 Å². The molecular weight excluding hydrogens is 411 g/mol. The molecule has 3 unspecified atom stereocenters. The first-order valence-corrected chi connectivity index (χ1v) is 10.8. The van der Waals surface area contributed by atoms with Gasteiger partial charge in [-0.25, -0.2) is 4.39 Å². The number of thiocarbonyl (C=S) groups is 1. The largest absolute Gasteiger partial charge is 0.508 e. The molecule has 0 bridgehead atoms. The van der Waals surface area contributed by atoms with Crippen molar-refractivity contribution < 1.29 is 14.6 Å². The third kappa shape index (κ3) is 4.70. The van der Waals surface area contributed by atoms with Gasteiger partial charge in [-0.2, -0.15) is 0 Å². The van der Waals surface area contributed by atoms with Crippen molar-refractivity contribution in [2.75, 3.05) is 4.90 Å². The summed E-state index contributed by atoms with van der Waals surface area (Å²) in [4.78, 5) is 2.05. The quantitative estimate of drug-likeness (QED) is 0.442. The number of para-hydroxylation sites is 2. The average Bonchev–Trinajstić information content (AvgIpc) is 3.10. The number of benzene rings is 3. The van der Waals surface area contributed by atoms with Crippen molar-refractivity contribution in [1.29, 1.82) is 0 Å². The van der Waals surface area contributed by atoms with Crippen molar-refractivity contribution in [3.63, 3.8) is 0 Å². The minimum Gasteiger partial charge on any atom is -0.508 e. The lowest BCUT2D eigenvalue weighted by Crippen LogP contribution is -2.29. The second-order valence-electron chi connectivity index (χ2n) is 7.76. The number of aliphatic hydroxyl groups excluding tert-OH is 1. The lowest BCUT2D eigenvalue weighted by molar-refractivity contribution is 0.162. The normalized spacial score (nSPS) is 19.3. The average molecular weight is 437 g/mol. The SMILES string of the molecule is Oc1ccccc1C1C(CCCC(O)c2ccc(F)cc2)NC(=S)N1c1ccccc1. The van der Waals surface area contributed by atoms with E-state index in [1.165, 1.54) is 12.1 Å². The van der Waals surface area contributed by atoms with Crippen LogP contribution in [0.25, 0.3) is 0 Å². The van der Waals surface area contributed by atoms with Crippen LogP contribution in [0.1, 0.15) is 42.5 Å². The van der Waals surface area contributed by atoms with E-state index in [1.54, 1.807) is 24.3 Å². The number of nitrogens with zero attached hydrogens (tertiary/aromatic N) is 1. The van der Waals surface area contributed by atoms with E-state index in [2.05, 4.69) is 5.32 Å². The maximum absolute atomic E-state index is 13.1. The zero-order valence-corrected chi connectivity index (χ0v) is 17.8. The lowest BCUT2D eigenvalue weighted by Gasteiger charge is -2.29. The molecule has 0 aliphatic carbocycles. The maximum atomic E-state index is 13.1. The van der Waals surface area contributed by atoms with Gasteiger partial charge < -0.3 is 20.4 Å². The molecule has 0 aromatic heterocycles. The Balaban J connectivity index is 1.52. The number of aromatic hydroxyl groups is 1. The van der Waals surface area contributed by atoms with Crippen LogP contribution in [0.5, 0.6) is 5.75 Å². The third-order valence-corrected chi connectivity index (χ3v) is 6.04. The molecule has 1 heterocycles. The van der Waals surface area contributed by atoms with Crippen molar-refractivity contribution in [1.82, 2.24) is 5.32 Å². The van der Waals surface area contributed by atoms with E-state index in [4.69, 9.17) is 12.2 Å². The molecule has 0 radical (unpaired) electrons. The molecule has 0 spiro atoms. The van der Waals surface area contributed by atoms with E-state index in [-0.39, 0.29) is 23.7 Å². The number of halogens is 1. The standard InChI is InChI=1S/C25H25FN2O2S/c26-18-15-13-17(14-16-18)22(29)12-6-10-21-24(20-9-4-5-11-23(20)30)28(25(31)27-21)19-7-2-1-3-8-19/h1-5,7-9,11,13-16,21-22,24,29-30H,6,10,12H2,(H,27,31). The number of hydrogen-bond donors (Lipinski definition) is 3. The fourth-order valence-electron chi connectivity index (χ4n) is 4.19. The molecule has 3 aromatic rings. The first-order chi connectivity index (χ1) is 15.0. The molecule has 0 saturated carbocycles. The second kappa shape index (κ2) is 9.45. The van der Waals surface area contributed by atoms with Gasteiger partial charge in [-0.15, -0.1) is 0 Å². The van der Waals surface area contributed by atoms with Gasteiger partial charge in [-0.1, -0.05) is 48.5 Å². The Morgan fingerprint density at radius 1 is 0.968 bits per heavy atom. The van der Waals surface area contributed by atoms with Gasteiger partial charge in [-0.05, 0) is 67.4 Å². The first-order valence-electron chi connectivity index (χ1n) is 10.4. The van der Waals surface area contributed by atoms with Crippen LogP contribution in [0, 0.1) is 5.82 Å². The van der Waals surface area contributed by atoms with Gasteiger partial charge >= 0.3 is 0 Å². The second-order valence-corrected chi connectivity index (χ2v) is 8.15. The lowest BCUT2D eigenvalue weighted by atomic mass is 9.93. The fraction of sp³-hybridized carbons (Fsp3) is 0.240. The Morgan fingerprint density at radius 3 is 2.35 bits per heavy atom. The molecule has 1 aliphatic heterocycles. The van der Waals surface area contributed by atoms with Crippen molar-refractivity contribution in [3.8, 4) is 5.75 Å². The van der Waals surface area contributed by atoms with E-state index in [1.807, 2.05) is 47.4 Å². The van der Waals surface area contributed by atoms with Crippen molar-refractivity contribution in [3.05, 3.63) is 95.8 Å². The molecule has 1 aliphatic rings. The molecule has 6 heteroatoms. The zero-order valence-electron chi connectivity index (χ0n) is 17.0. The Morgan fingerprint density at radius 2 is 1.65 bits per heavy atom. The molecule has 3 atom stereocenters. The summed E-state index contributed by atoms with van der Waals surface area (Å²) in [6.07, 6.45) is 1.39. The number of nitrogens with one attached hydrogen (secondary N) is 1. The van der Waals surface area contributed by atoms with Gasteiger partial charge in [0.1, 0.15) is 11.6 Å². The minimum absolute atomic E-state index is 0.0265. The smallest absolute Gasteiger partial charge is 0.174 e. The third-order valence-electron chi connectivity index (χ3n) is 5.72. The van der Waals surface area contributed by atoms with Gasteiger partial charge in [0, 0.05) is 11.3 Å². The first kappa shape index (κ1) is 21.3. The van der Waals surface area contributed by atoms with Gasteiger partial charge in [0.05, 0.1) is 18.2 Å². The summed E-state index contributed by atoms with van der Waals surface area (Å²) in [5, 5.41) is 25.1. The van der Waals surface area contributed by atoms with Crippen LogP contribution in [0.3, 0.4) is 0 Å². The van der Waals surface area contributed by atoms with Gasteiger partial charge in [0.2, 0.25) is 0 Å². The van der Waals surface area contributed by atoms with Crippen LogP contribution in [0.2, 0.25) is 0 Å². The molecule has 160 valence electrons. The number of anilines is 1. The number of phenolic OH excluding ortho intramolecular Hbond substituents is 1. The highest BCUT2D eigenvalue weighted by Gasteiger charge is 2.39. The molecule has 3 N–H and O–H groups in total. The molecule has 1 fully saturated rings. The summed E-state index contributed by atoms with van der Waals surface area (Å²) in [5.74, 6) is -0.0811. The summed E-state index contributed by atoms with van der Waals surface area (Å²) in [5.41, 5.74) is 2.48. The summed E-state index contributed by atoms with van der Waals surface area (Å²) in [6, 6.07) is 23.0. The monoisotopic (exact) mass is 436 g/mol. The number of hydrogen-bond acceptors (Lipinski definition) is 3. The highest BCUT2D eigenvalue weighted by Crippen LogP contribution is 2.39. The summed E-state index contributed by atoms with van der Waals surface area (Å²) < 4.78 is 13.1. The Labute approximate surface area is 187 Å². The summed E-state index contributed by atoms with van der Waals surface area (Å²) in [6.45, 7) is 0. The summed E-state index contributed by atoms with van der Waals surface area (Å²) >= 11 is 5.66. The molecular formula is C25H25FN2O2S. The van der Waals surface area contributed by atoms with E-state index in [9.17, 15) is 14.6 Å². The molecule has 1 saturated heterocycles. The molecule has 3 aromatic carbocycles. The van der Waals surface area contributed by atoms with Crippen molar-refractivity contribution in [2.24, 2.45) is 0 Å². The van der Waals surface area contributed by atoms with Crippen LogP contribution in [-0.4, -0.2) is 21.4 Å². The van der Waals surface area contributed by atoms with Gasteiger partial charge in [0.25, 0.3) is 0 Å². The van der Waals surface area contributed by atoms with Gasteiger partial charge in [-0.3, -0.25) is 0 Å². The van der Waals surface area contributed by atoms with Crippen molar-refractivity contribution in [2.45, 2.75) is 37.5 Å². The van der Waals surface area contributed by atoms with Crippen LogP contribution >= 0.6 is 12.2 Å². The van der Waals surface area contributed by atoms with Gasteiger partial charge in [0.15, 0.2) is 5.11 Å². The van der Waals surface area contributed by atoms with E-state index < -0.39 is 6.10 Å². The fourth-order valence-corrected chi connectivity index (χ4v) is 4.56. The highest BCUT2D eigenvalue weighted by atomic mass is 32.1. The minimum atomic E-state index is -0.650. The molecule has 4 rings (SSSR count). The predicted octanol–water partition coefficient (Wildman–Crippen LogP) is 5.24. The molecule has 0 amide bonds. The van der Waals surface area contributed by atoms with E-state index >= 15 is 0 Å². The van der Waals surface area contributed by atoms with Crippen LogP contribution in [0.4, 0.5) is 10.1 Å². The highest BCUT2D eigenvalue weighted by molar-refractivity contribution is 7.80. The predicted molar refractivity (Wildman–Crippen MR) is 125 cm³/mol. The Bertz CT molecular complexity index is 1030. The van der Waals surface area contributed by atoms with E-state index in [0.717, 1.165) is 24.1 Å². The number of phenols is 1. The number of rotatable bonds is 7. The topological polar surface area (TPSA) is 55.7 Å². The summed E-state index contributed by atoms with van der Waals surface area (Å²) in [7, 11) is 0. The maximum Gasteiger partial charge on any atom is 0.174 e. The zero-order chi connectivity index (χ0) is 21.8. The Kier molecular flexibility index (Phi) is 6.49.